The van der Waals surface area contributed by atoms with Gasteiger partial charge in [0, 0.05) is 25.8 Å². The molecule has 0 bridgehead atoms. The number of carbonyl (C=O) groups excluding carboxylic acids is 1. The summed E-state index contributed by atoms with van der Waals surface area (Å²) in [6.45, 7) is 3.61. The van der Waals surface area contributed by atoms with E-state index < -0.39 is 0 Å². The van der Waals surface area contributed by atoms with Crippen molar-refractivity contribution in [3.63, 3.8) is 0 Å². The van der Waals surface area contributed by atoms with Gasteiger partial charge in [-0.2, -0.15) is 0 Å². The first-order chi connectivity index (χ1) is 10.3. The highest BCUT2D eigenvalue weighted by Gasteiger charge is 2.31. The summed E-state index contributed by atoms with van der Waals surface area (Å²) in [6, 6.07) is 1.89. The first kappa shape index (κ1) is 14.6. The summed E-state index contributed by atoms with van der Waals surface area (Å²) in [4.78, 5) is 25.2. The van der Waals surface area contributed by atoms with Gasteiger partial charge in [0.25, 0.3) is 5.91 Å². The maximum absolute atomic E-state index is 12.4. The van der Waals surface area contributed by atoms with Gasteiger partial charge >= 0.3 is 0 Å². The molecule has 0 spiro atoms. The van der Waals surface area contributed by atoms with Crippen LogP contribution in [0.2, 0.25) is 0 Å². The van der Waals surface area contributed by atoms with Gasteiger partial charge in [-0.1, -0.05) is 11.8 Å². The van der Waals surface area contributed by atoms with Crippen LogP contribution in [-0.2, 0) is 9.53 Å². The van der Waals surface area contributed by atoms with Crippen molar-refractivity contribution in [3.05, 3.63) is 12.3 Å². The Labute approximate surface area is 128 Å². The third-order valence-corrected chi connectivity index (χ3v) is 4.45. The molecule has 0 N–H and O–H groups in total. The molecule has 6 nitrogen and oxygen atoms in total. The average molecular weight is 308 g/mol. The van der Waals surface area contributed by atoms with Gasteiger partial charge in [0.15, 0.2) is 11.3 Å². The summed E-state index contributed by atoms with van der Waals surface area (Å²) >= 11 is 1.52. The molecule has 2 aliphatic rings. The molecule has 1 aromatic heterocycles. The second-order valence-corrected chi connectivity index (χ2v) is 6.01. The Morgan fingerprint density at radius 3 is 2.95 bits per heavy atom. The van der Waals surface area contributed by atoms with Crippen molar-refractivity contribution in [1.29, 1.82) is 0 Å². The summed E-state index contributed by atoms with van der Waals surface area (Å²) < 4.78 is 5.68. The predicted octanol–water partition coefficient (Wildman–Crippen LogP) is 1.03. The highest BCUT2D eigenvalue weighted by atomic mass is 32.2. The minimum absolute atomic E-state index is 0.122. The lowest BCUT2D eigenvalue weighted by atomic mass is 10.2. The van der Waals surface area contributed by atoms with Crippen LogP contribution in [0.15, 0.2) is 17.4 Å². The third-order valence-electron chi connectivity index (χ3n) is 3.88. The molecule has 1 unspecified atom stereocenters. The Bertz CT molecular complexity index is 508. The van der Waals surface area contributed by atoms with Crippen LogP contribution in [0.1, 0.15) is 12.8 Å². The lowest BCUT2D eigenvalue weighted by Crippen LogP contribution is -2.50. The van der Waals surface area contributed by atoms with Crippen LogP contribution >= 0.6 is 11.8 Å². The Kier molecular flexibility index (Phi) is 4.60. The van der Waals surface area contributed by atoms with E-state index in [9.17, 15) is 4.79 Å². The number of morpholine rings is 1. The van der Waals surface area contributed by atoms with Crippen molar-refractivity contribution < 1.29 is 9.53 Å². The maximum Gasteiger partial charge on any atom is 0.253 e. The van der Waals surface area contributed by atoms with Gasteiger partial charge < -0.3 is 14.5 Å². The fraction of sp³-hybridized carbons (Fsp3) is 0.643. The molecular weight excluding hydrogens is 288 g/mol. The maximum atomic E-state index is 12.4. The molecule has 2 aliphatic heterocycles. The number of ether oxygens (including phenoxy) is 1. The van der Waals surface area contributed by atoms with E-state index in [1.807, 2.05) is 17.2 Å². The topological polar surface area (TPSA) is 58.6 Å². The first-order valence-electron chi connectivity index (χ1n) is 7.30. The molecule has 0 aromatic carbocycles. The van der Waals surface area contributed by atoms with Gasteiger partial charge in [-0.25, -0.2) is 9.97 Å². The van der Waals surface area contributed by atoms with Gasteiger partial charge in [-0.15, -0.1) is 0 Å². The van der Waals surface area contributed by atoms with Crippen LogP contribution in [0.25, 0.3) is 0 Å². The first-order valence-corrected chi connectivity index (χ1v) is 8.53. The fourth-order valence-corrected chi connectivity index (χ4v) is 3.11. The minimum Gasteiger partial charge on any atom is -0.365 e. The monoisotopic (exact) mass is 308 g/mol. The highest BCUT2D eigenvalue weighted by molar-refractivity contribution is 7.98. The van der Waals surface area contributed by atoms with Gasteiger partial charge in [-0.05, 0) is 25.2 Å². The molecule has 0 saturated carbocycles. The van der Waals surface area contributed by atoms with Crippen LogP contribution in [0, 0.1) is 0 Å². The highest BCUT2D eigenvalue weighted by Crippen LogP contribution is 2.19. The second-order valence-electron chi connectivity index (χ2n) is 5.24. The largest absolute Gasteiger partial charge is 0.365 e. The molecule has 0 aliphatic carbocycles. The van der Waals surface area contributed by atoms with E-state index >= 15 is 0 Å². The number of carbonyl (C=O) groups is 1. The van der Waals surface area contributed by atoms with Crippen molar-refractivity contribution in [2.24, 2.45) is 0 Å². The Morgan fingerprint density at radius 2 is 2.19 bits per heavy atom. The number of hydrogen-bond donors (Lipinski definition) is 0. The minimum atomic E-state index is -0.371. The summed E-state index contributed by atoms with van der Waals surface area (Å²) in [5.74, 6) is 0.994. The predicted molar refractivity (Wildman–Crippen MR) is 81.6 cm³/mol. The van der Waals surface area contributed by atoms with Crippen LogP contribution in [0.4, 0.5) is 5.82 Å². The summed E-state index contributed by atoms with van der Waals surface area (Å²) in [6.07, 6.45) is 5.56. The van der Waals surface area contributed by atoms with E-state index in [0.717, 1.165) is 43.5 Å². The molecule has 3 heterocycles. The van der Waals surface area contributed by atoms with Gasteiger partial charge in [-0.3, -0.25) is 4.79 Å². The van der Waals surface area contributed by atoms with E-state index in [4.69, 9.17) is 4.74 Å². The lowest BCUT2D eigenvalue weighted by molar-refractivity contribution is -0.143. The van der Waals surface area contributed by atoms with E-state index in [-0.39, 0.29) is 12.0 Å². The number of aromatic nitrogens is 2. The standard InChI is InChI=1S/C14H20N4O2S/c1-21-14-15-5-4-12(16-14)18-8-9-20-11(10-18)13(19)17-6-2-3-7-17/h4-5,11H,2-3,6-10H2,1H3. The van der Waals surface area contributed by atoms with Gasteiger partial charge in [0.05, 0.1) is 13.2 Å². The van der Waals surface area contributed by atoms with E-state index in [1.165, 1.54) is 11.8 Å². The number of rotatable bonds is 3. The molecule has 1 aromatic rings. The molecule has 3 rings (SSSR count). The molecule has 21 heavy (non-hydrogen) atoms. The molecular formula is C14H20N4O2S. The normalized spacial score (nSPS) is 22.6. The zero-order valence-corrected chi connectivity index (χ0v) is 13.0. The average Bonchev–Trinajstić information content (AvgIpc) is 3.09. The van der Waals surface area contributed by atoms with Crippen molar-refractivity contribution in [2.45, 2.75) is 24.1 Å². The molecule has 2 saturated heterocycles. The van der Waals surface area contributed by atoms with Crippen molar-refractivity contribution >= 4 is 23.5 Å². The molecule has 0 radical (unpaired) electrons. The number of likely N-dealkylation sites (tertiary alicyclic amines) is 1. The molecule has 2 fully saturated rings. The Morgan fingerprint density at radius 1 is 1.38 bits per heavy atom. The summed E-state index contributed by atoms with van der Waals surface area (Å²) in [5, 5.41) is 0.751. The van der Waals surface area contributed by atoms with E-state index in [2.05, 4.69) is 14.9 Å². The van der Waals surface area contributed by atoms with Crippen LogP contribution in [-0.4, -0.2) is 65.9 Å². The van der Waals surface area contributed by atoms with Crippen molar-refractivity contribution in [3.8, 4) is 0 Å². The molecule has 1 amide bonds. The van der Waals surface area contributed by atoms with Crippen LogP contribution in [0.3, 0.4) is 0 Å². The number of thioether (sulfide) groups is 1. The van der Waals surface area contributed by atoms with Crippen molar-refractivity contribution in [1.82, 2.24) is 14.9 Å². The molecule has 114 valence electrons. The van der Waals surface area contributed by atoms with E-state index in [0.29, 0.717) is 13.2 Å². The SMILES string of the molecule is CSc1nccc(N2CCOC(C(=O)N3CCCC3)C2)n1. The Hall–Kier alpha value is -1.34. The third kappa shape index (κ3) is 3.29. The van der Waals surface area contributed by atoms with Crippen LogP contribution < -0.4 is 4.90 Å². The van der Waals surface area contributed by atoms with E-state index in [1.54, 1.807) is 6.20 Å². The fourth-order valence-electron chi connectivity index (χ4n) is 2.75. The second kappa shape index (κ2) is 6.62. The smallest absolute Gasteiger partial charge is 0.253 e. The van der Waals surface area contributed by atoms with Crippen LogP contribution in [0.5, 0.6) is 0 Å². The quantitative estimate of drug-likeness (QED) is 0.614. The number of nitrogens with zero attached hydrogens (tertiary/aromatic N) is 4. The molecule has 1 atom stereocenters. The number of anilines is 1. The summed E-state index contributed by atoms with van der Waals surface area (Å²) in [5.41, 5.74) is 0. The molecule has 7 heteroatoms. The summed E-state index contributed by atoms with van der Waals surface area (Å²) in [7, 11) is 0. The number of hydrogen-bond acceptors (Lipinski definition) is 6. The Balaban J connectivity index is 1.68. The van der Waals surface area contributed by atoms with Gasteiger partial charge in [0.2, 0.25) is 0 Å². The lowest BCUT2D eigenvalue weighted by Gasteiger charge is -2.34. The van der Waals surface area contributed by atoms with Gasteiger partial charge in [0.1, 0.15) is 5.82 Å². The number of amides is 1. The zero-order chi connectivity index (χ0) is 14.7. The van der Waals surface area contributed by atoms with Crippen molar-refractivity contribution in [2.75, 3.05) is 43.9 Å². The zero-order valence-electron chi connectivity index (χ0n) is 12.2.